The number of carbonyl (C=O) groups is 1. The van der Waals surface area contributed by atoms with Crippen LogP contribution in [0, 0.1) is 13.8 Å². The lowest BCUT2D eigenvalue weighted by atomic mass is 10.1. The maximum Gasteiger partial charge on any atom is 0.259 e. The van der Waals surface area contributed by atoms with Crippen molar-refractivity contribution in [2.45, 2.75) is 13.8 Å². The minimum Gasteiger partial charge on any atom is -0.324 e. The first-order valence-electron chi connectivity index (χ1n) is 7.11. The molecule has 0 radical (unpaired) electrons. The van der Waals surface area contributed by atoms with Crippen molar-refractivity contribution < 1.29 is 4.79 Å². The molecule has 0 aliphatic rings. The van der Waals surface area contributed by atoms with Gasteiger partial charge in [0.25, 0.3) is 5.91 Å². The number of hydrogen-bond donors (Lipinski definition) is 1. The van der Waals surface area contributed by atoms with Gasteiger partial charge in [0.15, 0.2) is 0 Å². The van der Waals surface area contributed by atoms with Crippen molar-refractivity contribution in [3.05, 3.63) is 65.7 Å². The first-order chi connectivity index (χ1) is 10.6. The summed E-state index contributed by atoms with van der Waals surface area (Å²) >= 11 is 0. The van der Waals surface area contributed by atoms with Gasteiger partial charge in [-0.1, -0.05) is 6.07 Å². The molecule has 22 heavy (non-hydrogen) atoms. The molecule has 2 heterocycles. The second-order valence-electron chi connectivity index (χ2n) is 5.26. The van der Waals surface area contributed by atoms with Gasteiger partial charge in [-0.15, -0.1) is 0 Å². The largest absolute Gasteiger partial charge is 0.324 e. The molecule has 3 aromatic rings. The van der Waals surface area contributed by atoms with Crippen molar-refractivity contribution in [2.75, 3.05) is 5.32 Å². The lowest BCUT2D eigenvalue weighted by Gasteiger charge is -2.08. The van der Waals surface area contributed by atoms with E-state index in [-0.39, 0.29) is 5.91 Å². The molecule has 3 rings (SSSR count). The first kappa shape index (κ1) is 14.1. The Morgan fingerprint density at radius 1 is 1.14 bits per heavy atom. The van der Waals surface area contributed by atoms with Gasteiger partial charge in [-0.2, -0.15) is 5.10 Å². The fraction of sp³-hybridized carbons (Fsp3) is 0.176. The number of carbonyl (C=O) groups excluding carboxylic acids is 1. The van der Waals surface area contributed by atoms with Gasteiger partial charge in [-0.3, -0.25) is 9.48 Å². The molecule has 0 unspecified atom stereocenters. The Bertz CT molecular complexity index is 815. The van der Waals surface area contributed by atoms with E-state index >= 15 is 0 Å². The highest BCUT2D eigenvalue weighted by molar-refractivity contribution is 6.05. The fourth-order valence-electron chi connectivity index (χ4n) is 2.55. The number of rotatable bonds is 3. The second kappa shape index (κ2) is 5.52. The van der Waals surface area contributed by atoms with Crippen LogP contribution in [0.5, 0.6) is 0 Å². The molecule has 0 aliphatic carbocycles. The van der Waals surface area contributed by atoms with E-state index in [0.29, 0.717) is 5.56 Å². The van der Waals surface area contributed by atoms with E-state index in [9.17, 15) is 4.79 Å². The summed E-state index contributed by atoms with van der Waals surface area (Å²) < 4.78 is 3.72. The number of benzene rings is 1. The highest BCUT2D eigenvalue weighted by atomic mass is 16.1. The zero-order valence-corrected chi connectivity index (χ0v) is 12.9. The summed E-state index contributed by atoms with van der Waals surface area (Å²) in [6.07, 6.45) is 3.94. The quantitative estimate of drug-likeness (QED) is 0.807. The molecule has 0 saturated heterocycles. The highest BCUT2D eigenvalue weighted by Gasteiger charge is 2.17. The minimum absolute atomic E-state index is 0.132. The van der Waals surface area contributed by atoms with E-state index in [1.54, 1.807) is 4.68 Å². The molecule has 5 heteroatoms. The van der Waals surface area contributed by atoms with Crippen LogP contribution in [0.2, 0.25) is 0 Å². The second-order valence-corrected chi connectivity index (χ2v) is 5.26. The van der Waals surface area contributed by atoms with Crippen LogP contribution in [-0.2, 0) is 7.05 Å². The fourth-order valence-corrected chi connectivity index (χ4v) is 2.55. The van der Waals surface area contributed by atoms with Gasteiger partial charge in [0.05, 0.1) is 11.3 Å². The summed E-state index contributed by atoms with van der Waals surface area (Å²) in [6, 6.07) is 11.7. The molecule has 112 valence electrons. The SMILES string of the molecule is Cc1nn(C)c(C)c1C(=O)Nc1cccc(-n2cccc2)c1. The standard InChI is InChI=1S/C17H18N4O/c1-12-16(13(2)20(3)19-12)17(22)18-14-7-6-8-15(11-14)21-9-4-5-10-21/h4-11H,1-3H3,(H,18,22). The average molecular weight is 294 g/mol. The summed E-state index contributed by atoms with van der Waals surface area (Å²) in [7, 11) is 1.84. The van der Waals surface area contributed by atoms with Crippen LogP contribution < -0.4 is 5.32 Å². The Morgan fingerprint density at radius 3 is 2.50 bits per heavy atom. The number of aromatic nitrogens is 3. The van der Waals surface area contributed by atoms with Gasteiger partial charge in [-0.05, 0) is 44.2 Å². The summed E-state index contributed by atoms with van der Waals surface area (Å²) in [5.74, 6) is -0.132. The zero-order valence-electron chi connectivity index (χ0n) is 12.9. The Morgan fingerprint density at radius 2 is 1.86 bits per heavy atom. The summed E-state index contributed by atoms with van der Waals surface area (Å²) in [5, 5.41) is 7.23. The van der Waals surface area contributed by atoms with Crippen LogP contribution in [0.25, 0.3) is 5.69 Å². The molecule has 0 spiro atoms. The van der Waals surface area contributed by atoms with Gasteiger partial charge < -0.3 is 9.88 Å². The third kappa shape index (κ3) is 2.53. The Balaban J connectivity index is 1.87. The van der Waals surface area contributed by atoms with Gasteiger partial charge >= 0.3 is 0 Å². The van der Waals surface area contributed by atoms with Crippen LogP contribution in [0.15, 0.2) is 48.8 Å². The monoisotopic (exact) mass is 294 g/mol. The third-order valence-corrected chi connectivity index (χ3v) is 3.74. The smallest absolute Gasteiger partial charge is 0.259 e. The molecule has 0 saturated carbocycles. The number of aryl methyl sites for hydroxylation is 2. The molecule has 0 fully saturated rings. The minimum atomic E-state index is -0.132. The summed E-state index contributed by atoms with van der Waals surface area (Å²) in [6.45, 7) is 3.74. The van der Waals surface area contributed by atoms with Crippen molar-refractivity contribution in [3.63, 3.8) is 0 Å². The summed E-state index contributed by atoms with van der Waals surface area (Å²) in [4.78, 5) is 12.5. The van der Waals surface area contributed by atoms with Crippen LogP contribution in [-0.4, -0.2) is 20.3 Å². The maximum atomic E-state index is 12.5. The summed E-state index contributed by atoms with van der Waals surface area (Å²) in [5.41, 5.74) is 3.99. The van der Waals surface area contributed by atoms with Crippen molar-refractivity contribution in [2.24, 2.45) is 7.05 Å². The van der Waals surface area contributed by atoms with E-state index in [2.05, 4.69) is 10.4 Å². The number of nitrogens with zero attached hydrogens (tertiary/aromatic N) is 3. The molecular weight excluding hydrogens is 276 g/mol. The Labute approximate surface area is 129 Å². The first-order valence-corrected chi connectivity index (χ1v) is 7.11. The lowest BCUT2D eigenvalue weighted by Crippen LogP contribution is -2.14. The molecule has 0 atom stereocenters. The van der Waals surface area contributed by atoms with E-state index in [1.165, 1.54) is 0 Å². The predicted molar refractivity (Wildman–Crippen MR) is 86.4 cm³/mol. The van der Waals surface area contributed by atoms with Gasteiger partial charge in [0.1, 0.15) is 0 Å². The van der Waals surface area contributed by atoms with E-state index in [0.717, 1.165) is 22.8 Å². The Kier molecular flexibility index (Phi) is 3.55. The molecule has 2 aromatic heterocycles. The lowest BCUT2D eigenvalue weighted by molar-refractivity contribution is 0.102. The molecule has 5 nitrogen and oxygen atoms in total. The normalized spacial score (nSPS) is 10.7. The topological polar surface area (TPSA) is 51.9 Å². The van der Waals surface area contributed by atoms with E-state index < -0.39 is 0 Å². The number of anilines is 1. The number of hydrogen-bond acceptors (Lipinski definition) is 2. The van der Waals surface area contributed by atoms with Crippen molar-refractivity contribution in [3.8, 4) is 5.69 Å². The van der Waals surface area contributed by atoms with Crippen LogP contribution in [0.3, 0.4) is 0 Å². The van der Waals surface area contributed by atoms with Crippen molar-refractivity contribution in [1.29, 1.82) is 0 Å². The molecule has 1 aromatic carbocycles. The predicted octanol–water partition coefficient (Wildman–Crippen LogP) is 3.08. The highest BCUT2D eigenvalue weighted by Crippen LogP contribution is 2.18. The molecule has 0 aliphatic heterocycles. The average Bonchev–Trinajstić information content (AvgIpc) is 3.09. The number of nitrogens with one attached hydrogen (secondary N) is 1. The molecule has 1 amide bonds. The van der Waals surface area contributed by atoms with Crippen molar-refractivity contribution >= 4 is 11.6 Å². The molecular formula is C17H18N4O. The zero-order chi connectivity index (χ0) is 15.7. The van der Waals surface area contributed by atoms with E-state index in [4.69, 9.17) is 0 Å². The van der Waals surface area contributed by atoms with Gasteiger partial charge in [-0.25, -0.2) is 0 Å². The van der Waals surface area contributed by atoms with Crippen LogP contribution >= 0.6 is 0 Å². The third-order valence-electron chi connectivity index (χ3n) is 3.74. The maximum absolute atomic E-state index is 12.5. The number of amides is 1. The van der Waals surface area contributed by atoms with Crippen LogP contribution in [0.1, 0.15) is 21.7 Å². The molecule has 0 bridgehead atoms. The van der Waals surface area contributed by atoms with Crippen LogP contribution in [0.4, 0.5) is 5.69 Å². The Hall–Kier alpha value is -2.82. The van der Waals surface area contributed by atoms with E-state index in [1.807, 2.05) is 74.3 Å². The van der Waals surface area contributed by atoms with Crippen molar-refractivity contribution in [1.82, 2.24) is 14.3 Å². The van der Waals surface area contributed by atoms with Gasteiger partial charge in [0, 0.05) is 36.5 Å². The molecule has 1 N–H and O–H groups in total. The van der Waals surface area contributed by atoms with Gasteiger partial charge in [0.2, 0.25) is 0 Å².